The van der Waals surface area contributed by atoms with Gasteiger partial charge < -0.3 is 9.64 Å². The number of ether oxygens (including phenoxy) is 1. The second-order valence-corrected chi connectivity index (χ2v) is 8.91. The molecule has 0 saturated carbocycles. The van der Waals surface area contributed by atoms with Crippen LogP contribution in [0.3, 0.4) is 0 Å². The maximum absolute atomic E-state index is 13.1. The molecule has 2 aliphatic heterocycles. The Kier molecular flexibility index (Phi) is 6.47. The van der Waals surface area contributed by atoms with Gasteiger partial charge in [-0.15, -0.1) is 0 Å². The summed E-state index contributed by atoms with van der Waals surface area (Å²) in [4.78, 5) is 20.2. The van der Waals surface area contributed by atoms with E-state index in [1.54, 1.807) is 24.4 Å². The van der Waals surface area contributed by atoms with Crippen molar-refractivity contribution >= 4 is 28.6 Å². The van der Waals surface area contributed by atoms with E-state index in [0.717, 1.165) is 62.2 Å². The molecule has 0 N–H and O–H groups in total. The lowest BCUT2D eigenvalue weighted by Crippen LogP contribution is -2.46. The number of nitrogens with zero attached hydrogens (tertiary/aromatic N) is 3. The summed E-state index contributed by atoms with van der Waals surface area (Å²) in [6.07, 6.45) is -0.852. The van der Waals surface area contributed by atoms with Crippen molar-refractivity contribution in [2.75, 3.05) is 44.2 Å². The highest BCUT2D eigenvalue weighted by Crippen LogP contribution is 2.34. The number of amides is 1. The topological polar surface area (TPSA) is 45.1 Å². The van der Waals surface area contributed by atoms with Crippen molar-refractivity contribution in [3.05, 3.63) is 71.3 Å². The Morgan fingerprint density at radius 2 is 1.77 bits per heavy atom. The third-order valence-electron chi connectivity index (χ3n) is 6.61. The van der Waals surface area contributed by atoms with E-state index in [9.17, 15) is 18.0 Å². The summed E-state index contributed by atoms with van der Waals surface area (Å²) in [6.45, 7) is 5.04. The quantitative estimate of drug-likeness (QED) is 0.423. The van der Waals surface area contributed by atoms with Gasteiger partial charge in [-0.25, -0.2) is 4.99 Å². The highest BCUT2D eigenvalue weighted by Gasteiger charge is 2.30. The smallest absolute Gasteiger partial charge is 0.416 e. The molecule has 0 radical (unpaired) electrons. The molecule has 182 valence electrons. The summed E-state index contributed by atoms with van der Waals surface area (Å²) in [5.74, 6) is 0.466. The maximum atomic E-state index is 13.1. The van der Waals surface area contributed by atoms with Crippen LogP contribution in [0.1, 0.15) is 34.3 Å². The van der Waals surface area contributed by atoms with E-state index in [-0.39, 0.29) is 5.91 Å². The zero-order valence-electron chi connectivity index (χ0n) is 19.2. The second kappa shape index (κ2) is 9.70. The number of unbranched alkanes of at least 4 members (excludes halogenated alkanes) is 1. The van der Waals surface area contributed by atoms with Gasteiger partial charge >= 0.3 is 6.18 Å². The van der Waals surface area contributed by atoms with E-state index >= 15 is 0 Å². The second-order valence-electron chi connectivity index (χ2n) is 8.91. The summed E-state index contributed by atoms with van der Waals surface area (Å²) in [6, 6.07) is 15.0. The van der Waals surface area contributed by atoms with Gasteiger partial charge in [-0.2, -0.15) is 13.2 Å². The molecule has 0 unspecified atom stereocenters. The lowest BCUT2D eigenvalue weighted by molar-refractivity contribution is -0.137. The fourth-order valence-electron chi connectivity index (χ4n) is 4.68. The van der Waals surface area contributed by atoms with E-state index in [1.807, 2.05) is 24.3 Å². The predicted molar refractivity (Wildman–Crippen MR) is 131 cm³/mol. The molecule has 1 saturated heterocycles. The maximum Gasteiger partial charge on any atom is 0.416 e. The fourth-order valence-corrected chi connectivity index (χ4v) is 4.68. The summed E-state index contributed by atoms with van der Waals surface area (Å²) in [7, 11) is 0. The molecule has 35 heavy (non-hydrogen) atoms. The number of hydrogen-bond acceptors (Lipinski definition) is 4. The molecule has 3 aromatic rings. The predicted octanol–water partition coefficient (Wildman–Crippen LogP) is 5.41. The minimum atomic E-state index is -4.34. The van der Waals surface area contributed by atoms with Crippen LogP contribution < -0.4 is 9.64 Å². The minimum absolute atomic E-state index is 0.223. The molecule has 5 rings (SSSR count). The van der Waals surface area contributed by atoms with Gasteiger partial charge in [0.1, 0.15) is 5.75 Å². The Morgan fingerprint density at radius 3 is 2.57 bits per heavy atom. The average Bonchev–Trinajstić information content (AvgIpc) is 3.23. The van der Waals surface area contributed by atoms with Gasteiger partial charge in [-0.05, 0) is 61.2 Å². The molecule has 1 fully saturated rings. The molecule has 1 amide bonds. The minimum Gasteiger partial charge on any atom is -0.494 e. The first kappa shape index (κ1) is 23.4. The lowest BCUT2D eigenvalue weighted by Gasteiger charge is -2.36. The Labute approximate surface area is 201 Å². The van der Waals surface area contributed by atoms with Crippen molar-refractivity contribution < 1.29 is 22.7 Å². The molecule has 3 aromatic carbocycles. The van der Waals surface area contributed by atoms with Crippen LogP contribution in [0, 0.1) is 0 Å². The van der Waals surface area contributed by atoms with Crippen molar-refractivity contribution in [1.29, 1.82) is 0 Å². The van der Waals surface area contributed by atoms with Gasteiger partial charge in [-0.1, -0.05) is 18.2 Å². The Hall–Kier alpha value is -3.39. The number of alkyl halides is 3. The molecule has 0 atom stereocenters. The van der Waals surface area contributed by atoms with Crippen molar-refractivity contribution in [3.63, 3.8) is 0 Å². The molecular weight excluding hydrogens is 455 g/mol. The highest BCUT2D eigenvalue weighted by molar-refractivity contribution is 6.13. The summed E-state index contributed by atoms with van der Waals surface area (Å²) in [5, 5.41) is 1.46. The first-order chi connectivity index (χ1) is 16.9. The van der Waals surface area contributed by atoms with E-state index in [2.05, 4.69) is 14.8 Å². The van der Waals surface area contributed by atoms with Gasteiger partial charge in [0.15, 0.2) is 0 Å². The number of anilines is 1. The fraction of sp³-hybridized carbons (Fsp3) is 0.333. The van der Waals surface area contributed by atoms with Crippen LogP contribution in [0.5, 0.6) is 5.75 Å². The van der Waals surface area contributed by atoms with E-state index in [0.29, 0.717) is 23.3 Å². The number of hydrogen-bond donors (Lipinski definition) is 0. The van der Waals surface area contributed by atoms with Crippen molar-refractivity contribution in [3.8, 4) is 5.75 Å². The molecule has 8 heteroatoms. The number of aliphatic imine (C=N–C) groups is 1. The molecule has 2 aliphatic rings. The first-order valence-electron chi connectivity index (χ1n) is 11.8. The SMILES string of the molecule is O=C1N=Cc2ccc(OCCCCN3CCN(c4cccc5cc(C(F)(F)F)ccc45)CC3)cc21. The van der Waals surface area contributed by atoms with Crippen LogP contribution in [-0.2, 0) is 6.18 Å². The van der Waals surface area contributed by atoms with Gasteiger partial charge in [-0.3, -0.25) is 9.69 Å². The van der Waals surface area contributed by atoms with Gasteiger partial charge in [0, 0.05) is 49.0 Å². The van der Waals surface area contributed by atoms with Crippen LogP contribution in [0.15, 0.2) is 59.6 Å². The van der Waals surface area contributed by atoms with Crippen molar-refractivity contribution in [1.82, 2.24) is 4.90 Å². The summed E-state index contributed by atoms with van der Waals surface area (Å²) in [5.41, 5.74) is 1.79. The lowest BCUT2D eigenvalue weighted by atomic mass is 10.0. The monoisotopic (exact) mass is 481 g/mol. The van der Waals surface area contributed by atoms with Crippen LogP contribution >= 0.6 is 0 Å². The molecular formula is C27H26F3N3O2. The van der Waals surface area contributed by atoms with Gasteiger partial charge in [0.25, 0.3) is 5.91 Å². The van der Waals surface area contributed by atoms with E-state index < -0.39 is 11.7 Å². The van der Waals surface area contributed by atoms with Crippen molar-refractivity contribution in [2.24, 2.45) is 4.99 Å². The molecule has 0 spiro atoms. The molecule has 2 heterocycles. The zero-order chi connectivity index (χ0) is 24.4. The number of rotatable bonds is 7. The summed E-state index contributed by atoms with van der Waals surface area (Å²) >= 11 is 0. The Balaban J connectivity index is 1.08. The Morgan fingerprint density at radius 1 is 0.943 bits per heavy atom. The third-order valence-corrected chi connectivity index (χ3v) is 6.61. The molecule has 0 aliphatic carbocycles. The number of halogens is 3. The van der Waals surface area contributed by atoms with Crippen LogP contribution in [-0.4, -0.2) is 56.4 Å². The van der Waals surface area contributed by atoms with Crippen LogP contribution in [0.25, 0.3) is 10.8 Å². The van der Waals surface area contributed by atoms with Gasteiger partial charge in [0.2, 0.25) is 0 Å². The number of fused-ring (bicyclic) bond motifs is 2. The molecule has 0 bridgehead atoms. The largest absolute Gasteiger partial charge is 0.494 e. The third kappa shape index (κ3) is 5.17. The number of carbonyl (C=O) groups is 1. The first-order valence-corrected chi connectivity index (χ1v) is 11.8. The van der Waals surface area contributed by atoms with Crippen LogP contribution in [0.4, 0.5) is 18.9 Å². The molecule has 0 aromatic heterocycles. The van der Waals surface area contributed by atoms with Crippen molar-refractivity contribution in [2.45, 2.75) is 19.0 Å². The normalized spacial score (nSPS) is 16.2. The summed E-state index contributed by atoms with van der Waals surface area (Å²) < 4.78 is 45.0. The van der Waals surface area contributed by atoms with E-state index in [4.69, 9.17) is 4.74 Å². The van der Waals surface area contributed by atoms with E-state index in [1.165, 1.54) is 12.1 Å². The zero-order valence-corrected chi connectivity index (χ0v) is 19.2. The van der Waals surface area contributed by atoms with Crippen LogP contribution in [0.2, 0.25) is 0 Å². The average molecular weight is 482 g/mol. The number of carbonyl (C=O) groups excluding carboxylic acids is 1. The number of benzene rings is 3. The van der Waals surface area contributed by atoms with Gasteiger partial charge in [0.05, 0.1) is 17.7 Å². The molecule has 5 nitrogen and oxygen atoms in total. The Bertz CT molecular complexity index is 1260. The highest BCUT2D eigenvalue weighted by atomic mass is 19.4. The standard InChI is InChI=1S/C27H26F3N3O2/c28-27(29,30)21-7-9-23-19(16-21)4-3-5-25(23)33-13-11-32(12-14-33)10-1-2-15-35-22-8-6-20-18-31-26(34)24(20)17-22/h3-9,16-18H,1-2,10-15H2. The number of piperazine rings is 1.